The van der Waals surface area contributed by atoms with Crippen molar-refractivity contribution in [1.29, 1.82) is 0 Å². The van der Waals surface area contributed by atoms with E-state index in [4.69, 9.17) is 4.74 Å². The highest BCUT2D eigenvalue weighted by Gasteiger charge is 2.36. The normalized spacial score (nSPS) is 18.8. The van der Waals surface area contributed by atoms with Crippen LogP contribution >= 0.6 is 11.8 Å². The molecule has 128 valence electrons. The van der Waals surface area contributed by atoms with Crippen molar-refractivity contribution < 1.29 is 19.1 Å². The number of hydrogen-bond acceptors (Lipinski definition) is 6. The standard InChI is InChI=1S/C16H19N3O4S/c1-4-23-15(22)10-5-7-11(8-6-10)18-13(20)9-12-14(21)19(3)16(17-2)24-12/h5-8,12H,4,9H2,1-3H3,(H,18,20)/t12-/m0/s1. The second-order valence-electron chi connectivity index (χ2n) is 5.06. The number of carbonyl (C=O) groups is 3. The molecule has 0 saturated carbocycles. The van der Waals surface area contributed by atoms with E-state index >= 15 is 0 Å². The first-order valence-electron chi connectivity index (χ1n) is 7.44. The maximum Gasteiger partial charge on any atom is 0.338 e. The first-order chi connectivity index (χ1) is 11.5. The van der Waals surface area contributed by atoms with E-state index in [2.05, 4.69) is 10.3 Å². The van der Waals surface area contributed by atoms with Crippen LogP contribution in [0.3, 0.4) is 0 Å². The number of nitrogens with zero attached hydrogens (tertiary/aromatic N) is 2. The molecule has 0 unspecified atom stereocenters. The number of aliphatic imine (C=N–C) groups is 1. The minimum atomic E-state index is -0.465. The van der Waals surface area contributed by atoms with Gasteiger partial charge in [0.15, 0.2) is 5.17 Å². The lowest BCUT2D eigenvalue weighted by molar-refractivity contribution is -0.127. The lowest BCUT2D eigenvalue weighted by atomic mass is 10.2. The van der Waals surface area contributed by atoms with Gasteiger partial charge in [-0.3, -0.25) is 19.5 Å². The Hall–Kier alpha value is -2.35. The summed E-state index contributed by atoms with van der Waals surface area (Å²) in [4.78, 5) is 41.2. The number of hydrogen-bond donors (Lipinski definition) is 1. The Bertz CT molecular complexity index is 672. The number of nitrogens with one attached hydrogen (secondary N) is 1. The van der Waals surface area contributed by atoms with Crippen molar-refractivity contribution in [3.63, 3.8) is 0 Å². The highest BCUT2D eigenvalue weighted by molar-refractivity contribution is 8.15. The first-order valence-corrected chi connectivity index (χ1v) is 8.32. The highest BCUT2D eigenvalue weighted by Crippen LogP contribution is 2.28. The van der Waals surface area contributed by atoms with Crippen molar-refractivity contribution in [1.82, 2.24) is 4.90 Å². The minimum absolute atomic E-state index is 0.0620. The summed E-state index contributed by atoms with van der Waals surface area (Å²) in [6.45, 7) is 2.04. The third kappa shape index (κ3) is 4.14. The van der Waals surface area contributed by atoms with Crippen molar-refractivity contribution in [2.45, 2.75) is 18.6 Å². The molecular weight excluding hydrogens is 330 g/mol. The van der Waals surface area contributed by atoms with Gasteiger partial charge in [-0.15, -0.1) is 0 Å². The van der Waals surface area contributed by atoms with Crippen molar-refractivity contribution >= 4 is 40.4 Å². The van der Waals surface area contributed by atoms with Gasteiger partial charge in [-0.05, 0) is 31.2 Å². The fourth-order valence-corrected chi connectivity index (χ4v) is 3.28. The number of rotatable bonds is 5. The van der Waals surface area contributed by atoms with E-state index < -0.39 is 11.2 Å². The first kappa shape index (κ1) is 18.0. The summed E-state index contributed by atoms with van der Waals surface area (Å²) >= 11 is 1.28. The van der Waals surface area contributed by atoms with Gasteiger partial charge in [0.25, 0.3) is 0 Å². The number of carbonyl (C=O) groups excluding carboxylic acids is 3. The largest absolute Gasteiger partial charge is 0.462 e. The lowest BCUT2D eigenvalue weighted by Gasteiger charge is -2.09. The molecule has 24 heavy (non-hydrogen) atoms. The topological polar surface area (TPSA) is 88.1 Å². The SMILES string of the molecule is CCOC(=O)c1ccc(NC(=O)C[C@@H]2SC(=NC)N(C)C2=O)cc1. The number of thioether (sulfide) groups is 1. The van der Waals surface area contributed by atoms with E-state index in [1.807, 2.05) is 0 Å². The molecule has 1 N–H and O–H groups in total. The smallest absolute Gasteiger partial charge is 0.338 e. The summed E-state index contributed by atoms with van der Waals surface area (Å²) in [7, 11) is 3.25. The van der Waals surface area contributed by atoms with Crippen LogP contribution in [0.4, 0.5) is 5.69 Å². The Kier molecular flexibility index (Phi) is 5.97. The third-order valence-electron chi connectivity index (χ3n) is 3.38. The molecule has 8 heteroatoms. The summed E-state index contributed by atoms with van der Waals surface area (Å²) in [6, 6.07) is 6.41. The second kappa shape index (κ2) is 7.96. The molecule has 1 aromatic carbocycles. The van der Waals surface area contributed by atoms with E-state index in [9.17, 15) is 14.4 Å². The lowest BCUT2D eigenvalue weighted by Crippen LogP contribution is -2.30. The van der Waals surface area contributed by atoms with Gasteiger partial charge in [0, 0.05) is 26.2 Å². The molecule has 2 amide bonds. The zero-order valence-corrected chi connectivity index (χ0v) is 14.6. The predicted molar refractivity (Wildman–Crippen MR) is 93.2 cm³/mol. The Morgan fingerprint density at radius 1 is 1.33 bits per heavy atom. The molecule has 0 aromatic heterocycles. The number of ether oxygens (including phenoxy) is 1. The van der Waals surface area contributed by atoms with Crippen molar-refractivity contribution in [2.75, 3.05) is 26.0 Å². The number of esters is 1. The summed E-state index contributed by atoms with van der Waals surface area (Å²) in [5.74, 6) is -0.804. The fourth-order valence-electron chi connectivity index (χ4n) is 2.18. The molecule has 2 rings (SSSR count). The Morgan fingerprint density at radius 2 is 2.00 bits per heavy atom. The molecule has 1 aromatic rings. The number of anilines is 1. The minimum Gasteiger partial charge on any atom is -0.462 e. The number of amidine groups is 1. The highest BCUT2D eigenvalue weighted by atomic mass is 32.2. The molecule has 1 aliphatic heterocycles. The van der Waals surface area contributed by atoms with Crippen LogP contribution in [0.1, 0.15) is 23.7 Å². The predicted octanol–water partition coefficient (Wildman–Crippen LogP) is 1.75. The second-order valence-corrected chi connectivity index (χ2v) is 6.23. The van der Waals surface area contributed by atoms with Gasteiger partial charge < -0.3 is 10.1 Å². The summed E-state index contributed by atoms with van der Waals surface area (Å²) in [6.07, 6.45) is 0.0620. The third-order valence-corrected chi connectivity index (χ3v) is 4.70. The van der Waals surface area contributed by atoms with Crippen LogP contribution in [0.2, 0.25) is 0 Å². The Balaban J connectivity index is 1.93. The molecule has 1 heterocycles. The molecular formula is C16H19N3O4S. The zero-order valence-electron chi connectivity index (χ0n) is 13.7. The van der Waals surface area contributed by atoms with Gasteiger partial charge in [0.05, 0.1) is 12.2 Å². The van der Waals surface area contributed by atoms with Crippen molar-refractivity contribution in [3.8, 4) is 0 Å². The van der Waals surface area contributed by atoms with E-state index in [1.54, 1.807) is 45.3 Å². The summed E-state index contributed by atoms with van der Waals surface area (Å²) in [5, 5.41) is 2.86. The number of amides is 2. The van der Waals surface area contributed by atoms with E-state index in [1.165, 1.54) is 16.7 Å². The fraction of sp³-hybridized carbons (Fsp3) is 0.375. The molecule has 7 nitrogen and oxygen atoms in total. The molecule has 0 bridgehead atoms. The average molecular weight is 349 g/mol. The van der Waals surface area contributed by atoms with Crippen LogP contribution in [-0.2, 0) is 14.3 Å². The monoisotopic (exact) mass is 349 g/mol. The van der Waals surface area contributed by atoms with Crippen molar-refractivity contribution in [3.05, 3.63) is 29.8 Å². The number of benzene rings is 1. The van der Waals surface area contributed by atoms with Gasteiger partial charge in [-0.25, -0.2) is 4.79 Å². The molecule has 1 saturated heterocycles. The molecule has 0 spiro atoms. The van der Waals surface area contributed by atoms with E-state index in [0.29, 0.717) is 23.0 Å². The molecule has 1 aliphatic rings. The molecule has 1 atom stereocenters. The van der Waals surface area contributed by atoms with Crippen LogP contribution in [-0.4, -0.2) is 53.8 Å². The van der Waals surface area contributed by atoms with E-state index in [0.717, 1.165) is 0 Å². The Morgan fingerprint density at radius 3 is 2.54 bits per heavy atom. The summed E-state index contributed by atoms with van der Waals surface area (Å²) < 4.78 is 4.90. The average Bonchev–Trinajstić information content (AvgIpc) is 2.83. The molecule has 1 fully saturated rings. The van der Waals surface area contributed by atoms with Gasteiger partial charge in [-0.1, -0.05) is 11.8 Å². The van der Waals surface area contributed by atoms with Gasteiger partial charge >= 0.3 is 5.97 Å². The van der Waals surface area contributed by atoms with Crippen molar-refractivity contribution in [2.24, 2.45) is 4.99 Å². The summed E-state index contributed by atoms with van der Waals surface area (Å²) in [5.41, 5.74) is 0.975. The van der Waals surface area contributed by atoms with Crippen LogP contribution in [0.5, 0.6) is 0 Å². The molecule has 0 aliphatic carbocycles. The zero-order chi connectivity index (χ0) is 17.7. The maximum absolute atomic E-state index is 12.1. The van der Waals surface area contributed by atoms with Gasteiger partial charge in [0.1, 0.15) is 5.25 Å². The molecule has 0 radical (unpaired) electrons. The van der Waals surface area contributed by atoms with Crippen LogP contribution in [0.15, 0.2) is 29.3 Å². The van der Waals surface area contributed by atoms with Gasteiger partial charge in [-0.2, -0.15) is 0 Å². The van der Waals surface area contributed by atoms with Crippen LogP contribution in [0, 0.1) is 0 Å². The quantitative estimate of drug-likeness (QED) is 0.818. The van der Waals surface area contributed by atoms with Gasteiger partial charge in [0.2, 0.25) is 11.8 Å². The van der Waals surface area contributed by atoms with Crippen LogP contribution in [0.25, 0.3) is 0 Å². The maximum atomic E-state index is 12.1. The van der Waals surface area contributed by atoms with E-state index in [-0.39, 0.29) is 18.2 Å². The van der Waals surface area contributed by atoms with Crippen LogP contribution < -0.4 is 5.32 Å². The Labute approximate surface area is 144 Å².